The third kappa shape index (κ3) is 2.71. The van der Waals surface area contributed by atoms with Crippen LogP contribution < -0.4 is 0 Å². The fourth-order valence-corrected chi connectivity index (χ4v) is 2.00. The summed E-state index contributed by atoms with van der Waals surface area (Å²) >= 11 is 5.11. The Morgan fingerprint density at radius 3 is 2.68 bits per heavy atom. The zero-order chi connectivity index (χ0) is 13.8. The molecule has 98 valence electrons. The second-order valence-electron chi connectivity index (χ2n) is 3.76. The van der Waals surface area contributed by atoms with Crippen LogP contribution in [0.3, 0.4) is 0 Å². The van der Waals surface area contributed by atoms with Crippen molar-refractivity contribution in [1.82, 2.24) is 4.57 Å². The van der Waals surface area contributed by atoms with Crippen LogP contribution in [0.5, 0.6) is 0 Å². The zero-order valence-corrected chi connectivity index (χ0v) is 11.1. The highest BCUT2D eigenvalue weighted by Gasteiger charge is 2.14. The number of ether oxygens (including phenoxy) is 1. The van der Waals surface area contributed by atoms with Crippen molar-refractivity contribution < 1.29 is 13.9 Å². The Labute approximate surface area is 115 Å². The van der Waals surface area contributed by atoms with Gasteiger partial charge in [0.1, 0.15) is 10.5 Å². The van der Waals surface area contributed by atoms with Crippen molar-refractivity contribution in [2.75, 3.05) is 6.61 Å². The number of hydrogen-bond donors (Lipinski definition) is 0. The van der Waals surface area contributed by atoms with Gasteiger partial charge in [0.2, 0.25) is 0 Å². The first-order valence-corrected chi connectivity index (χ1v) is 6.20. The molecule has 0 aliphatic heterocycles. The standard InChI is InChI=1S/C14H12FNO2S/c1-2-18-14(17)16-12(8-5-9-13(16)19)10-6-3-4-7-11(10)15/h3-9H,2H2,1H3. The van der Waals surface area contributed by atoms with Crippen LogP contribution in [0.1, 0.15) is 6.92 Å². The van der Waals surface area contributed by atoms with Gasteiger partial charge in [-0.25, -0.2) is 13.8 Å². The third-order valence-electron chi connectivity index (χ3n) is 2.55. The molecule has 0 amide bonds. The summed E-state index contributed by atoms with van der Waals surface area (Å²) in [5.74, 6) is -0.416. The van der Waals surface area contributed by atoms with E-state index < -0.39 is 11.9 Å². The minimum absolute atomic E-state index is 0.228. The van der Waals surface area contributed by atoms with Crippen LogP contribution in [-0.4, -0.2) is 17.3 Å². The van der Waals surface area contributed by atoms with Crippen molar-refractivity contribution in [3.8, 4) is 11.3 Å². The summed E-state index contributed by atoms with van der Waals surface area (Å²) < 4.78 is 20.3. The predicted molar refractivity (Wildman–Crippen MR) is 73.1 cm³/mol. The molecule has 0 saturated heterocycles. The van der Waals surface area contributed by atoms with Crippen LogP contribution in [0.25, 0.3) is 11.3 Å². The number of benzene rings is 1. The van der Waals surface area contributed by atoms with Gasteiger partial charge in [0.05, 0.1) is 12.3 Å². The van der Waals surface area contributed by atoms with E-state index in [0.29, 0.717) is 11.3 Å². The van der Waals surface area contributed by atoms with E-state index in [-0.39, 0.29) is 11.2 Å². The number of carbonyl (C=O) groups excluding carboxylic acids is 1. The number of carbonyl (C=O) groups is 1. The Balaban J connectivity index is 2.65. The molecule has 0 spiro atoms. The van der Waals surface area contributed by atoms with E-state index in [1.54, 1.807) is 43.3 Å². The predicted octanol–water partition coefficient (Wildman–Crippen LogP) is 4.03. The van der Waals surface area contributed by atoms with Gasteiger partial charge in [-0.3, -0.25) is 0 Å². The number of halogens is 1. The van der Waals surface area contributed by atoms with Crippen LogP contribution >= 0.6 is 12.2 Å². The van der Waals surface area contributed by atoms with Crippen molar-refractivity contribution in [3.05, 3.63) is 52.9 Å². The fourth-order valence-electron chi connectivity index (χ4n) is 1.74. The topological polar surface area (TPSA) is 31.2 Å². The Morgan fingerprint density at radius 2 is 2.00 bits per heavy atom. The molecule has 19 heavy (non-hydrogen) atoms. The molecular formula is C14H12FNO2S. The molecule has 1 heterocycles. The molecule has 0 aliphatic carbocycles. The summed E-state index contributed by atoms with van der Waals surface area (Å²) in [6, 6.07) is 11.1. The number of rotatable bonds is 2. The van der Waals surface area contributed by atoms with Crippen LogP contribution in [0.4, 0.5) is 9.18 Å². The van der Waals surface area contributed by atoms with Crippen molar-refractivity contribution in [2.24, 2.45) is 0 Å². The molecule has 3 nitrogen and oxygen atoms in total. The number of hydrogen-bond acceptors (Lipinski definition) is 3. The third-order valence-corrected chi connectivity index (χ3v) is 2.87. The molecule has 0 saturated carbocycles. The first kappa shape index (κ1) is 13.4. The Kier molecular flexibility index (Phi) is 4.06. The zero-order valence-electron chi connectivity index (χ0n) is 10.3. The Morgan fingerprint density at radius 1 is 1.26 bits per heavy atom. The maximum Gasteiger partial charge on any atom is 0.419 e. The maximum absolute atomic E-state index is 13.8. The molecule has 1 aromatic heterocycles. The van der Waals surface area contributed by atoms with E-state index in [1.807, 2.05) is 0 Å². The van der Waals surface area contributed by atoms with E-state index in [4.69, 9.17) is 17.0 Å². The van der Waals surface area contributed by atoms with Crippen LogP contribution in [0.2, 0.25) is 0 Å². The maximum atomic E-state index is 13.8. The number of pyridine rings is 1. The Hall–Kier alpha value is -2.01. The van der Waals surface area contributed by atoms with Crippen LogP contribution in [0.15, 0.2) is 42.5 Å². The summed E-state index contributed by atoms with van der Waals surface area (Å²) in [5.41, 5.74) is 0.686. The first-order chi connectivity index (χ1) is 9.15. The molecule has 2 aromatic rings. The average Bonchev–Trinajstić information content (AvgIpc) is 2.39. The first-order valence-electron chi connectivity index (χ1n) is 5.79. The van der Waals surface area contributed by atoms with Gasteiger partial charge in [0.25, 0.3) is 0 Å². The van der Waals surface area contributed by atoms with Crippen LogP contribution in [0, 0.1) is 10.5 Å². The number of aromatic nitrogens is 1. The van der Waals surface area contributed by atoms with Gasteiger partial charge in [-0.2, -0.15) is 0 Å². The summed E-state index contributed by atoms with van der Waals surface area (Å²) in [6.45, 7) is 1.93. The molecule has 0 bridgehead atoms. The van der Waals surface area contributed by atoms with E-state index in [0.717, 1.165) is 0 Å². The Bertz CT molecular complexity index is 666. The highest BCUT2D eigenvalue weighted by molar-refractivity contribution is 7.71. The largest absolute Gasteiger partial charge is 0.449 e. The molecule has 2 rings (SSSR count). The SMILES string of the molecule is CCOC(=O)n1c(-c2ccccc2F)cccc1=S. The van der Waals surface area contributed by atoms with Gasteiger partial charge < -0.3 is 4.74 Å². The minimum Gasteiger partial charge on any atom is -0.449 e. The van der Waals surface area contributed by atoms with E-state index >= 15 is 0 Å². The second-order valence-corrected chi connectivity index (χ2v) is 4.18. The molecular weight excluding hydrogens is 265 g/mol. The molecule has 0 aliphatic rings. The van der Waals surface area contributed by atoms with Gasteiger partial charge >= 0.3 is 6.09 Å². The fraction of sp³-hybridized carbons (Fsp3) is 0.143. The smallest absolute Gasteiger partial charge is 0.419 e. The summed E-state index contributed by atoms with van der Waals surface area (Å²) in [5, 5.41) is 0. The summed E-state index contributed by atoms with van der Waals surface area (Å²) in [7, 11) is 0. The van der Waals surface area contributed by atoms with Gasteiger partial charge in [0.15, 0.2) is 0 Å². The van der Waals surface area contributed by atoms with Crippen molar-refractivity contribution in [1.29, 1.82) is 0 Å². The lowest BCUT2D eigenvalue weighted by Gasteiger charge is -2.12. The molecule has 0 radical (unpaired) electrons. The van der Waals surface area contributed by atoms with Gasteiger partial charge in [-0.05, 0) is 31.2 Å². The lowest BCUT2D eigenvalue weighted by molar-refractivity contribution is 0.154. The average molecular weight is 277 g/mol. The second kappa shape index (κ2) is 5.75. The van der Waals surface area contributed by atoms with E-state index in [9.17, 15) is 9.18 Å². The molecule has 0 atom stereocenters. The molecule has 1 aromatic carbocycles. The quantitative estimate of drug-likeness (QED) is 0.777. The lowest BCUT2D eigenvalue weighted by atomic mass is 10.1. The lowest BCUT2D eigenvalue weighted by Crippen LogP contribution is -2.17. The van der Waals surface area contributed by atoms with Crippen molar-refractivity contribution in [3.63, 3.8) is 0 Å². The number of nitrogens with zero attached hydrogens (tertiary/aromatic N) is 1. The molecule has 5 heteroatoms. The van der Waals surface area contributed by atoms with Crippen LogP contribution in [-0.2, 0) is 4.74 Å². The van der Waals surface area contributed by atoms with Gasteiger partial charge in [0, 0.05) is 5.56 Å². The van der Waals surface area contributed by atoms with Crippen molar-refractivity contribution in [2.45, 2.75) is 6.92 Å². The van der Waals surface area contributed by atoms with Gasteiger partial charge in [-0.15, -0.1) is 0 Å². The summed E-state index contributed by atoms with van der Waals surface area (Å²) in [6.07, 6.45) is -0.605. The van der Waals surface area contributed by atoms with Crippen molar-refractivity contribution >= 4 is 18.3 Å². The van der Waals surface area contributed by atoms with Gasteiger partial charge in [-0.1, -0.05) is 30.4 Å². The minimum atomic E-state index is -0.605. The molecule has 0 unspecified atom stereocenters. The van der Waals surface area contributed by atoms with E-state index in [2.05, 4.69) is 0 Å². The molecule has 0 N–H and O–H groups in total. The summed E-state index contributed by atoms with van der Waals surface area (Å²) in [4.78, 5) is 11.9. The van der Waals surface area contributed by atoms with E-state index in [1.165, 1.54) is 10.6 Å². The normalized spacial score (nSPS) is 10.2. The molecule has 0 fully saturated rings. The monoisotopic (exact) mass is 277 g/mol. The highest BCUT2D eigenvalue weighted by atomic mass is 32.1. The highest BCUT2D eigenvalue weighted by Crippen LogP contribution is 2.23.